The van der Waals surface area contributed by atoms with E-state index < -0.39 is 0 Å². The quantitative estimate of drug-likeness (QED) is 0.792. The minimum absolute atomic E-state index is 0.0208. The SMILES string of the molecule is CC(=O)N1CC(=O)N(Cc2cncn2C)CC(OCc2cccc(F)c2)C1. The molecule has 1 fully saturated rings. The van der Waals surface area contributed by atoms with Gasteiger partial charge < -0.3 is 19.1 Å². The molecule has 0 N–H and O–H groups in total. The lowest BCUT2D eigenvalue weighted by Crippen LogP contribution is -2.38. The number of benzene rings is 1. The van der Waals surface area contributed by atoms with Crippen molar-refractivity contribution < 1.29 is 18.7 Å². The number of rotatable bonds is 5. The van der Waals surface area contributed by atoms with Gasteiger partial charge in [-0.25, -0.2) is 9.37 Å². The molecule has 0 spiro atoms. The largest absolute Gasteiger partial charge is 0.370 e. The molecule has 1 aromatic carbocycles. The molecule has 2 heterocycles. The third-order valence-corrected chi connectivity index (χ3v) is 4.62. The van der Waals surface area contributed by atoms with E-state index in [2.05, 4.69) is 4.98 Å². The van der Waals surface area contributed by atoms with Crippen LogP contribution in [0.15, 0.2) is 36.8 Å². The Labute approximate surface area is 157 Å². The maximum atomic E-state index is 13.4. The number of hydrogen-bond acceptors (Lipinski definition) is 4. The maximum absolute atomic E-state index is 13.4. The van der Waals surface area contributed by atoms with E-state index in [1.807, 2.05) is 11.6 Å². The van der Waals surface area contributed by atoms with Crippen LogP contribution in [0.1, 0.15) is 18.2 Å². The van der Waals surface area contributed by atoms with Gasteiger partial charge >= 0.3 is 0 Å². The fourth-order valence-electron chi connectivity index (χ4n) is 3.05. The Kier molecular flexibility index (Phi) is 5.85. The van der Waals surface area contributed by atoms with Gasteiger partial charge in [-0.1, -0.05) is 12.1 Å². The third kappa shape index (κ3) is 4.91. The normalized spacial score (nSPS) is 17.9. The number of ether oxygens (including phenoxy) is 1. The first-order chi connectivity index (χ1) is 12.9. The fourth-order valence-corrected chi connectivity index (χ4v) is 3.05. The number of aromatic nitrogens is 2. The molecule has 3 rings (SSSR count). The Morgan fingerprint density at radius 2 is 2.19 bits per heavy atom. The fraction of sp³-hybridized carbons (Fsp3) is 0.421. The van der Waals surface area contributed by atoms with Crippen LogP contribution in [0.5, 0.6) is 0 Å². The molecule has 8 heteroatoms. The molecule has 1 aromatic heterocycles. The van der Waals surface area contributed by atoms with Crippen molar-refractivity contribution in [2.45, 2.75) is 26.2 Å². The summed E-state index contributed by atoms with van der Waals surface area (Å²) in [5, 5.41) is 0. The van der Waals surface area contributed by atoms with Gasteiger partial charge in [-0.05, 0) is 17.7 Å². The Bertz CT molecular complexity index is 823. The number of aryl methyl sites for hydroxylation is 1. The average molecular weight is 374 g/mol. The topological polar surface area (TPSA) is 67.7 Å². The molecule has 1 aliphatic heterocycles. The van der Waals surface area contributed by atoms with Crippen molar-refractivity contribution in [2.75, 3.05) is 19.6 Å². The number of nitrogens with zero attached hydrogens (tertiary/aromatic N) is 4. The standard InChI is InChI=1S/C19H23FN4O3/c1-14(25)23-9-18(27-12-15-4-3-5-16(20)6-15)10-24(19(26)11-23)8-17-7-21-13-22(17)2/h3-7,13,18H,8-12H2,1-2H3. The highest BCUT2D eigenvalue weighted by atomic mass is 19.1. The van der Waals surface area contributed by atoms with Crippen molar-refractivity contribution in [1.82, 2.24) is 19.4 Å². The van der Waals surface area contributed by atoms with Crippen LogP contribution in [-0.2, 0) is 34.5 Å². The highest BCUT2D eigenvalue weighted by Gasteiger charge is 2.30. The van der Waals surface area contributed by atoms with Crippen LogP contribution in [-0.4, -0.2) is 56.9 Å². The minimum atomic E-state index is -0.364. The summed E-state index contributed by atoms with van der Waals surface area (Å²) in [4.78, 5) is 31.7. The average Bonchev–Trinajstić information content (AvgIpc) is 2.94. The summed E-state index contributed by atoms with van der Waals surface area (Å²) in [6.45, 7) is 2.73. The van der Waals surface area contributed by atoms with E-state index in [0.717, 1.165) is 5.69 Å². The monoisotopic (exact) mass is 374 g/mol. The van der Waals surface area contributed by atoms with E-state index >= 15 is 0 Å². The zero-order valence-corrected chi connectivity index (χ0v) is 15.5. The predicted molar refractivity (Wildman–Crippen MR) is 95.9 cm³/mol. The molecule has 0 bridgehead atoms. The van der Waals surface area contributed by atoms with Gasteiger partial charge in [-0.2, -0.15) is 0 Å². The zero-order valence-electron chi connectivity index (χ0n) is 15.5. The molecule has 1 unspecified atom stereocenters. The van der Waals surface area contributed by atoms with E-state index in [1.165, 1.54) is 24.0 Å². The van der Waals surface area contributed by atoms with Gasteiger partial charge in [-0.3, -0.25) is 9.59 Å². The Morgan fingerprint density at radius 3 is 2.85 bits per heavy atom. The molecule has 1 saturated heterocycles. The number of amides is 2. The highest BCUT2D eigenvalue weighted by molar-refractivity contribution is 5.84. The Balaban J connectivity index is 1.72. The van der Waals surface area contributed by atoms with E-state index in [0.29, 0.717) is 25.2 Å². The molecule has 2 amide bonds. The van der Waals surface area contributed by atoms with Gasteiger partial charge in [0, 0.05) is 33.3 Å². The second kappa shape index (κ2) is 8.30. The Morgan fingerprint density at radius 1 is 1.37 bits per heavy atom. The molecule has 1 atom stereocenters. The van der Waals surface area contributed by atoms with E-state index in [9.17, 15) is 14.0 Å². The summed E-state index contributed by atoms with van der Waals surface area (Å²) >= 11 is 0. The van der Waals surface area contributed by atoms with Crippen molar-refractivity contribution in [3.8, 4) is 0 Å². The second-order valence-electron chi connectivity index (χ2n) is 6.73. The lowest BCUT2D eigenvalue weighted by Gasteiger charge is -2.24. The summed E-state index contributed by atoms with van der Waals surface area (Å²) in [6, 6.07) is 6.20. The molecule has 0 aliphatic carbocycles. The van der Waals surface area contributed by atoms with E-state index in [4.69, 9.17) is 4.74 Å². The Hall–Kier alpha value is -2.74. The van der Waals surface area contributed by atoms with Crippen LogP contribution in [0.2, 0.25) is 0 Å². The predicted octanol–water partition coefficient (Wildman–Crippen LogP) is 1.34. The van der Waals surface area contributed by atoms with Crippen LogP contribution in [0.25, 0.3) is 0 Å². The van der Waals surface area contributed by atoms with Gasteiger partial charge in [0.05, 0.1) is 37.8 Å². The molecule has 1 aliphatic rings. The highest BCUT2D eigenvalue weighted by Crippen LogP contribution is 2.14. The van der Waals surface area contributed by atoms with Crippen molar-refractivity contribution in [3.05, 3.63) is 53.9 Å². The summed E-state index contributed by atoms with van der Waals surface area (Å²) < 4.78 is 21.1. The molecule has 2 aromatic rings. The molecule has 144 valence electrons. The first kappa shape index (κ1) is 19.0. The molecule has 0 radical (unpaired) electrons. The number of hydrogen-bond donors (Lipinski definition) is 0. The minimum Gasteiger partial charge on any atom is -0.370 e. The molecule has 0 saturated carbocycles. The van der Waals surface area contributed by atoms with Crippen molar-refractivity contribution in [2.24, 2.45) is 7.05 Å². The smallest absolute Gasteiger partial charge is 0.242 e. The van der Waals surface area contributed by atoms with Gasteiger partial charge in [-0.15, -0.1) is 0 Å². The summed E-state index contributed by atoms with van der Waals surface area (Å²) in [7, 11) is 1.87. The summed E-state index contributed by atoms with van der Waals surface area (Å²) in [6.07, 6.45) is 3.03. The van der Waals surface area contributed by atoms with Crippen molar-refractivity contribution in [3.63, 3.8) is 0 Å². The van der Waals surface area contributed by atoms with Crippen molar-refractivity contribution >= 4 is 11.8 Å². The van der Waals surface area contributed by atoms with Gasteiger partial charge in [0.1, 0.15) is 5.82 Å². The van der Waals surface area contributed by atoms with Crippen molar-refractivity contribution in [1.29, 1.82) is 0 Å². The summed E-state index contributed by atoms with van der Waals surface area (Å²) in [5.41, 5.74) is 1.60. The number of halogens is 1. The first-order valence-electron chi connectivity index (χ1n) is 8.77. The summed E-state index contributed by atoms with van der Waals surface area (Å²) in [5.74, 6) is -0.635. The van der Waals surface area contributed by atoms with E-state index in [-0.39, 0.29) is 36.9 Å². The molecule has 27 heavy (non-hydrogen) atoms. The van der Waals surface area contributed by atoms with Gasteiger partial charge in [0.2, 0.25) is 11.8 Å². The van der Waals surface area contributed by atoms with Crippen LogP contribution < -0.4 is 0 Å². The first-order valence-corrected chi connectivity index (χ1v) is 8.77. The lowest BCUT2D eigenvalue weighted by molar-refractivity contribution is -0.137. The third-order valence-electron chi connectivity index (χ3n) is 4.62. The zero-order chi connectivity index (χ0) is 19.4. The molecule has 7 nitrogen and oxygen atoms in total. The second-order valence-corrected chi connectivity index (χ2v) is 6.73. The lowest BCUT2D eigenvalue weighted by atomic mass is 10.2. The van der Waals surface area contributed by atoms with Gasteiger partial charge in [0.25, 0.3) is 0 Å². The van der Waals surface area contributed by atoms with Gasteiger partial charge in [0.15, 0.2) is 0 Å². The number of carbonyl (C=O) groups is 2. The number of carbonyl (C=O) groups excluding carboxylic acids is 2. The van der Waals surface area contributed by atoms with Crippen LogP contribution >= 0.6 is 0 Å². The molecular formula is C19H23FN4O3. The molecular weight excluding hydrogens is 351 g/mol. The van der Waals surface area contributed by atoms with Crippen LogP contribution in [0.3, 0.4) is 0 Å². The number of imidazole rings is 1. The van der Waals surface area contributed by atoms with E-state index in [1.54, 1.807) is 29.6 Å². The van der Waals surface area contributed by atoms with Crippen LogP contribution in [0.4, 0.5) is 4.39 Å². The maximum Gasteiger partial charge on any atom is 0.242 e. The van der Waals surface area contributed by atoms with Crippen LogP contribution in [0, 0.1) is 5.82 Å².